The van der Waals surface area contributed by atoms with E-state index in [0.717, 1.165) is 18.4 Å². The average Bonchev–Trinajstić information content (AvgIpc) is 2.45. The standard InChI is InChI=1S/C15H24N2O2/c1-3-14(4-2)16-15(19)17(10-11-18)12-13-8-6-5-7-9-13/h5-9,14,18H,3-4,10-12H2,1-2H3,(H,16,19). The SMILES string of the molecule is CCC(CC)NC(=O)N(CCO)Cc1ccccc1. The molecular formula is C15H24N2O2. The van der Waals surface area contributed by atoms with Crippen molar-refractivity contribution in [3.05, 3.63) is 35.9 Å². The minimum atomic E-state index is -0.105. The molecular weight excluding hydrogens is 240 g/mol. The van der Waals surface area contributed by atoms with Gasteiger partial charge in [-0.2, -0.15) is 0 Å². The molecule has 2 amide bonds. The molecule has 0 aliphatic rings. The van der Waals surface area contributed by atoms with E-state index in [4.69, 9.17) is 5.11 Å². The number of nitrogens with zero attached hydrogens (tertiary/aromatic N) is 1. The number of urea groups is 1. The van der Waals surface area contributed by atoms with Crippen LogP contribution in [0.1, 0.15) is 32.3 Å². The Balaban J connectivity index is 2.63. The molecule has 4 heteroatoms. The van der Waals surface area contributed by atoms with Gasteiger partial charge in [-0.15, -0.1) is 0 Å². The first-order valence-electron chi connectivity index (χ1n) is 6.91. The van der Waals surface area contributed by atoms with Gasteiger partial charge in [-0.05, 0) is 18.4 Å². The highest BCUT2D eigenvalue weighted by Gasteiger charge is 2.16. The van der Waals surface area contributed by atoms with Gasteiger partial charge in [-0.1, -0.05) is 44.2 Å². The molecule has 0 aliphatic heterocycles. The second kappa shape index (κ2) is 8.53. The van der Waals surface area contributed by atoms with E-state index in [1.54, 1.807) is 4.90 Å². The smallest absolute Gasteiger partial charge is 0.317 e. The molecule has 0 aliphatic carbocycles. The minimum Gasteiger partial charge on any atom is -0.395 e. The number of hydrogen-bond acceptors (Lipinski definition) is 2. The third-order valence-electron chi connectivity index (χ3n) is 3.19. The van der Waals surface area contributed by atoms with E-state index in [-0.39, 0.29) is 18.7 Å². The lowest BCUT2D eigenvalue weighted by atomic mass is 10.2. The molecule has 0 heterocycles. The Bertz CT molecular complexity index is 364. The summed E-state index contributed by atoms with van der Waals surface area (Å²) in [7, 11) is 0. The maximum Gasteiger partial charge on any atom is 0.317 e. The van der Waals surface area contributed by atoms with Crippen LogP contribution >= 0.6 is 0 Å². The number of rotatable bonds is 7. The molecule has 0 saturated heterocycles. The fraction of sp³-hybridized carbons (Fsp3) is 0.533. The molecule has 2 N–H and O–H groups in total. The quantitative estimate of drug-likeness (QED) is 0.794. The Labute approximate surface area is 115 Å². The van der Waals surface area contributed by atoms with Crippen molar-refractivity contribution in [2.45, 2.75) is 39.3 Å². The number of aliphatic hydroxyl groups is 1. The molecule has 0 spiro atoms. The number of hydrogen-bond donors (Lipinski definition) is 2. The number of amides is 2. The summed E-state index contributed by atoms with van der Waals surface area (Å²) < 4.78 is 0. The topological polar surface area (TPSA) is 52.6 Å². The van der Waals surface area contributed by atoms with Gasteiger partial charge in [0, 0.05) is 19.1 Å². The highest BCUT2D eigenvalue weighted by molar-refractivity contribution is 5.74. The Morgan fingerprint density at radius 1 is 1.26 bits per heavy atom. The third-order valence-corrected chi connectivity index (χ3v) is 3.19. The van der Waals surface area contributed by atoms with Crippen molar-refractivity contribution < 1.29 is 9.90 Å². The van der Waals surface area contributed by atoms with Crippen LogP contribution in [0, 0.1) is 0 Å². The highest BCUT2D eigenvalue weighted by atomic mass is 16.3. The maximum absolute atomic E-state index is 12.2. The summed E-state index contributed by atoms with van der Waals surface area (Å²) >= 11 is 0. The maximum atomic E-state index is 12.2. The lowest BCUT2D eigenvalue weighted by molar-refractivity contribution is 0.170. The van der Waals surface area contributed by atoms with E-state index in [9.17, 15) is 4.79 Å². The van der Waals surface area contributed by atoms with Gasteiger partial charge in [-0.3, -0.25) is 0 Å². The van der Waals surface area contributed by atoms with Crippen LogP contribution in [0.4, 0.5) is 4.79 Å². The van der Waals surface area contributed by atoms with Crippen molar-refractivity contribution in [2.24, 2.45) is 0 Å². The zero-order valence-electron chi connectivity index (χ0n) is 11.8. The fourth-order valence-electron chi connectivity index (χ4n) is 1.94. The molecule has 1 rings (SSSR count). The fourth-order valence-corrected chi connectivity index (χ4v) is 1.94. The summed E-state index contributed by atoms with van der Waals surface area (Å²) in [5, 5.41) is 12.1. The molecule has 106 valence electrons. The lowest BCUT2D eigenvalue weighted by Crippen LogP contribution is -2.45. The van der Waals surface area contributed by atoms with Crippen molar-refractivity contribution in [1.29, 1.82) is 0 Å². The van der Waals surface area contributed by atoms with Crippen LogP contribution < -0.4 is 5.32 Å². The van der Waals surface area contributed by atoms with E-state index in [0.29, 0.717) is 13.1 Å². The number of aliphatic hydroxyl groups excluding tert-OH is 1. The first-order chi connectivity index (χ1) is 9.21. The highest BCUT2D eigenvalue weighted by Crippen LogP contribution is 2.06. The van der Waals surface area contributed by atoms with Crippen molar-refractivity contribution in [2.75, 3.05) is 13.2 Å². The van der Waals surface area contributed by atoms with Gasteiger partial charge in [0.05, 0.1) is 6.61 Å². The van der Waals surface area contributed by atoms with Gasteiger partial charge in [0.15, 0.2) is 0 Å². The summed E-state index contributed by atoms with van der Waals surface area (Å²) in [6.07, 6.45) is 1.83. The van der Waals surface area contributed by atoms with Crippen molar-refractivity contribution in [1.82, 2.24) is 10.2 Å². The van der Waals surface area contributed by atoms with Gasteiger partial charge in [-0.25, -0.2) is 4.79 Å². The monoisotopic (exact) mass is 264 g/mol. The second-order valence-corrected chi connectivity index (χ2v) is 4.59. The van der Waals surface area contributed by atoms with Crippen molar-refractivity contribution >= 4 is 6.03 Å². The normalized spacial score (nSPS) is 10.5. The van der Waals surface area contributed by atoms with Crippen molar-refractivity contribution in [3.8, 4) is 0 Å². The molecule has 0 bridgehead atoms. The first kappa shape index (κ1) is 15.5. The summed E-state index contributed by atoms with van der Waals surface area (Å²) in [5.41, 5.74) is 1.07. The second-order valence-electron chi connectivity index (χ2n) is 4.59. The Morgan fingerprint density at radius 2 is 1.89 bits per heavy atom. The van der Waals surface area contributed by atoms with Crippen molar-refractivity contribution in [3.63, 3.8) is 0 Å². The van der Waals surface area contributed by atoms with E-state index in [1.165, 1.54) is 0 Å². The van der Waals surface area contributed by atoms with Crippen LogP contribution in [-0.4, -0.2) is 35.2 Å². The summed E-state index contributed by atoms with van der Waals surface area (Å²) in [6.45, 7) is 4.96. The Hall–Kier alpha value is -1.55. The van der Waals surface area contributed by atoms with Crippen LogP contribution in [-0.2, 0) is 6.54 Å². The predicted octanol–water partition coefficient (Wildman–Crippen LogP) is 2.38. The molecule has 4 nitrogen and oxygen atoms in total. The minimum absolute atomic E-state index is 0.0246. The Kier molecular flexibility index (Phi) is 6.97. The number of benzene rings is 1. The molecule has 19 heavy (non-hydrogen) atoms. The molecule has 1 aromatic rings. The van der Waals surface area contributed by atoms with Crippen LogP contribution in [0.3, 0.4) is 0 Å². The zero-order chi connectivity index (χ0) is 14.1. The van der Waals surface area contributed by atoms with E-state index in [2.05, 4.69) is 19.2 Å². The van der Waals surface area contributed by atoms with Crippen LogP contribution in [0.5, 0.6) is 0 Å². The first-order valence-corrected chi connectivity index (χ1v) is 6.91. The van der Waals surface area contributed by atoms with Crippen LogP contribution in [0.25, 0.3) is 0 Å². The zero-order valence-corrected chi connectivity index (χ0v) is 11.8. The van der Waals surface area contributed by atoms with Crippen LogP contribution in [0.15, 0.2) is 30.3 Å². The molecule has 0 saturated carbocycles. The molecule has 1 aromatic carbocycles. The largest absolute Gasteiger partial charge is 0.395 e. The lowest BCUT2D eigenvalue weighted by Gasteiger charge is -2.25. The summed E-state index contributed by atoms with van der Waals surface area (Å²) in [5.74, 6) is 0. The predicted molar refractivity (Wildman–Crippen MR) is 76.8 cm³/mol. The molecule has 0 radical (unpaired) electrons. The van der Waals surface area contributed by atoms with Gasteiger partial charge in [0.25, 0.3) is 0 Å². The molecule has 0 unspecified atom stereocenters. The van der Waals surface area contributed by atoms with Gasteiger partial charge >= 0.3 is 6.03 Å². The van der Waals surface area contributed by atoms with E-state index in [1.807, 2.05) is 30.3 Å². The van der Waals surface area contributed by atoms with E-state index >= 15 is 0 Å². The molecule has 0 fully saturated rings. The third kappa shape index (κ3) is 5.30. The molecule has 0 atom stereocenters. The number of nitrogens with one attached hydrogen (secondary N) is 1. The van der Waals surface area contributed by atoms with Gasteiger partial charge in [0.1, 0.15) is 0 Å². The molecule has 0 aromatic heterocycles. The average molecular weight is 264 g/mol. The Morgan fingerprint density at radius 3 is 2.42 bits per heavy atom. The van der Waals surface area contributed by atoms with Gasteiger partial charge in [0.2, 0.25) is 0 Å². The van der Waals surface area contributed by atoms with Crippen LogP contribution in [0.2, 0.25) is 0 Å². The van der Waals surface area contributed by atoms with Gasteiger partial charge < -0.3 is 15.3 Å². The summed E-state index contributed by atoms with van der Waals surface area (Å²) in [4.78, 5) is 13.8. The number of carbonyl (C=O) groups excluding carboxylic acids is 1. The number of carbonyl (C=O) groups is 1. The van der Waals surface area contributed by atoms with E-state index < -0.39 is 0 Å². The summed E-state index contributed by atoms with van der Waals surface area (Å²) in [6, 6.07) is 9.90.